The van der Waals surface area contributed by atoms with Gasteiger partial charge in [-0.3, -0.25) is 10.1 Å². The zero-order valence-electron chi connectivity index (χ0n) is 10.6. The highest BCUT2D eigenvalue weighted by atomic mass is 79.9. The van der Waals surface area contributed by atoms with Gasteiger partial charge in [0, 0.05) is 34.8 Å². The van der Waals surface area contributed by atoms with Crippen LogP contribution in [0, 0.1) is 10.1 Å². The molecule has 5 nitrogen and oxygen atoms in total. The minimum atomic E-state index is -0.425. The molecule has 0 unspecified atom stereocenters. The van der Waals surface area contributed by atoms with Crippen molar-refractivity contribution in [1.82, 2.24) is 4.98 Å². The number of pyridine rings is 1. The highest BCUT2D eigenvalue weighted by molar-refractivity contribution is 9.10. The van der Waals surface area contributed by atoms with E-state index in [1.54, 1.807) is 18.1 Å². The van der Waals surface area contributed by atoms with Gasteiger partial charge in [-0.05, 0) is 33.6 Å². The van der Waals surface area contributed by atoms with E-state index in [2.05, 4.69) is 36.8 Å². The van der Waals surface area contributed by atoms with Gasteiger partial charge in [-0.2, -0.15) is 0 Å². The summed E-state index contributed by atoms with van der Waals surface area (Å²) in [7, 11) is 1.78. The lowest BCUT2D eigenvalue weighted by atomic mass is 10.2. The lowest BCUT2D eigenvalue weighted by molar-refractivity contribution is -0.384. The third kappa shape index (κ3) is 3.55. The molecule has 0 N–H and O–H groups in total. The van der Waals surface area contributed by atoms with E-state index in [-0.39, 0.29) is 5.69 Å². The molecule has 0 atom stereocenters. The minimum absolute atomic E-state index is 0.0148. The van der Waals surface area contributed by atoms with Gasteiger partial charge in [-0.1, -0.05) is 28.1 Å². The third-order valence-electron chi connectivity index (χ3n) is 2.71. The molecule has 0 aliphatic carbocycles. The van der Waals surface area contributed by atoms with Gasteiger partial charge >= 0.3 is 5.69 Å². The van der Waals surface area contributed by atoms with E-state index in [9.17, 15) is 10.1 Å². The maximum Gasteiger partial charge on any atom is 0.312 e. The van der Waals surface area contributed by atoms with Gasteiger partial charge < -0.3 is 4.90 Å². The number of hydrogen-bond donors (Lipinski definition) is 0. The van der Waals surface area contributed by atoms with E-state index in [0.29, 0.717) is 16.8 Å². The molecule has 2 aromatic rings. The maximum absolute atomic E-state index is 11.1. The Balaban J connectivity index is 2.27. The van der Waals surface area contributed by atoms with Crippen LogP contribution < -0.4 is 4.90 Å². The smallest absolute Gasteiger partial charge is 0.312 e. The molecule has 2 rings (SSSR count). The zero-order chi connectivity index (χ0) is 14.7. The third-order valence-corrected chi connectivity index (χ3v) is 3.67. The van der Waals surface area contributed by atoms with Crippen molar-refractivity contribution in [3.63, 3.8) is 0 Å². The van der Waals surface area contributed by atoms with Gasteiger partial charge in [0.15, 0.2) is 0 Å². The second-order valence-corrected chi connectivity index (χ2v) is 6.07. The lowest BCUT2D eigenvalue weighted by Crippen LogP contribution is -2.19. The van der Waals surface area contributed by atoms with Crippen LogP contribution in [-0.4, -0.2) is 17.0 Å². The number of halogens is 2. The normalized spacial score (nSPS) is 10.3. The molecule has 1 aromatic carbocycles. The highest BCUT2D eigenvalue weighted by Gasteiger charge is 2.19. The monoisotopic (exact) mass is 399 g/mol. The highest BCUT2D eigenvalue weighted by Crippen LogP contribution is 2.28. The molecule has 0 aliphatic heterocycles. The van der Waals surface area contributed by atoms with E-state index in [1.807, 2.05) is 24.3 Å². The Hall–Kier alpha value is -1.47. The fourth-order valence-electron chi connectivity index (χ4n) is 1.79. The molecular weight excluding hydrogens is 390 g/mol. The summed E-state index contributed by atoms with van der Waals surface area (Å²) in [5.74, 6) is 0.348. The first-order valence-electron chi connectivity index (χ1n) is 5.73. The van der Waals surface area contributed by atoms with Gasteiger partial charge in [0.1, 0.15) is 0 Å². The molecule has 0 amide bonds. The molecule has 104 valence electrons. The van der Waals surface area contributed by atoms with Crippen LogP contribution in [0.2, 0.25) is 0 Å². The molecule has 7 heteroatoms. The standard InChI is InChI=1S/C13H11Br2N3O2/c1-17(8-9-2-4-10(14)5-3-9)13-12(18(19)20)6-11(15)7-16-13/h2-7H,8H2,1H3. The average molecular weight is 401 g/mol. The summed E-state index contributed by atoms with van der Waals surface area (Å²) in [6, 6.07) is 9.26. The summed E-state index contributed by atoms with van der Waals surface area (Å²) < 4.78 is 1.58. The lowest BCUT2D eigenvalue weighted by Gasteiger charge is -2.18. The number of rotatable bonds is 4. The van der Waals surface area contributed by atoms with Gasteiger partial charge in [0.05, 0.1) is 4.92 Å². The van der Waals surface area contributed by atoms with Crippen molar-refractivity contribution in [2.75, 3.05) is 11.9 Å². The predicted octanol–water partition coefficient (Wildman–Crippen LogP) is 4.15. The van der Waals surface area contributed by atoms with E-state index in [1.165, 1.54) is 6.07 Å². The number of hydrogen-bond acceptors (Lipinski definition) is 4. The fraction of sp³-hybridized carbons (Fsp3) is 0.154. The molecule has 1 heterocycles. The van der Waals surface area contributed by atoms with Crippen LogP contribution in [0.1, 0.15) is 5.56 Å². The average Bonchev–Trinajstić information content (AvgIpc) is 2.41. The summed E-state index contributed by atoms with van der Waals surface area (Å²) in [6.07, 6.45) is 1.56. The van der Waals surface area contributed by atoms with Crippen LogP contribution in [0.5, 0.6) is 0 Å². The molecule has 20 heavy (non-hydrogen) atoms. The first-order chi connectivity index (χ1) is 9.47. The van der Waals surface area contributed by atoms with Crippen LogP contribution in [0.3, 0.4) is 0 Å². The molecule has 1 aromatic heterocycles. The van der Waals surface area contributed by atoms with Gasteiger partial charge in [-0.25, -0.2) is 4.98 Å². The second kappa shape index (κ2) is 6.32. The first-order valence-corrected chi connectivity index (χ1v) is 7.31. The van der Waals surface area contributed by atoms with Crippen molar-refractivity contribution >= 4 is 43.4 Å². The second-order valence-electron chi connectivity index (χ2n) is 4.24. The van der Waals surface area contributed by atoms with Gasteiger partial charge in [0.2, 0.25) is 5.82 Å². The van der Waals surface area contributed by atoms with Crippen molar-refractivity contribution < 1.29 is 4.92 Å². The Bertz CT molecular complexity index is 632. The minimum Gasteiger partial charge on any atom is -0.350 e. The summed E-state index contributed by atoms with van der Waals surface area (Å²) >= 11 is 6.57. The maximum atomic E-state index is 11.1. The Kier molecular flexibility index (Phi) is 4.72. The summed E-state index contributed by atoms with van der Waals surface area (Å²) in [6.45, 7) is 0.544. The zero-order valence-corrected chi connectivity index (χ0v) is 13.8. The van der Waals surface area contributed by atoms with E-state index in [0.717, 1.165) is 10.0 Å². The number of nitro groups is 1. The van der Waals surface area contributed by atoms with Crippen molar-refractivity contribution in [3.8, 4) is 0 Å². The number of benzene rings is 1. The fourth-order valence-corrected chi connectivity index (χ4v) is 2.37. The number of nitrogens with zero attached hydrogens (tertiary/aromatic N) is 3. The summed E-state index contributed by atoms with van der Waals surface area (Å²) in [5.41, 5.74) is 1.04. The summed E-state index contributed by atoms with van der Waals surface area (Å²) in [4.78, 5) is 16.6. The van der Waals surface area contributed by atoms with Crippen molar-refractivity contribution in [2.45, 2.75) is 6.54 Å². The molecule has 0 aliphatic rings. The topological polar surface area (TPSA) is 59.3 Å². The van der Waals surface area contributed by atoms with Crippen LogP contribution in [-0.2, 0) is 6.54 Å². The molecule has 0 spiro atoms. The largest absolute Gasteiger partial charge is 0.350 e. The van der Waals surface area contributed by atoms with E-state index >= 15 is 0 Å². The molecule has 0 bridgehead atoms. The molecule has 0 saturated carbocycles. The van der Waals surface area contributed by atoms with Crippen LogP contribution >= 0.6 is 31.9 Å². The van der Waals surface area contributed by atoms with E-state index in [4.69, 9.17) is 0 Å². The summed E-state index contributed by atoms with van der Waals surface area (Å²) in [5, 5.41) is 11.1. The van der Waals surface area contributed by atoms with E-state index < -0.39 is 4.92 Å². The van der Waals surface area contributed by atoms with Crippen LogP contribution in [0.25, 0.3) is 0 Å². The Morgan fingerprint density at radius 3 is 2.50 bits per heavy atom. The molecule has 0 fully saturated rings. The molecule has 0 radical (unpaired) electrons. The van der Waals surface area contributed by atoms with Gasteiger partial charge in [0.25, 0.3) is 0 Å². The van der Waals surface area contributed by atoms with Crippen LogP contribution in [0.15, 0.2) is 45.5 Å². The number of anilines is 1. The van der Waals surface area contributed by atoms with Crippen molar-refractivity contribution in [2.24, 2.45) is 0 Å². The molecule has 0 saturated heterocycles. The Labute approximate surface area is 133 Å². The SMILES string of the molecule is CN(Cc1ccc(Br)cc1)c1ncc(Br)cc1[N+](=O)[O-]. The van der Waals surface area contributed by atoms with Crippen molar-refractivity contribution in [3.05, 3.63) is 61.2 Å². The Morgan fingerprint density at radius 2 is 1.90 bits per heavy atom. The van der Waals surface area contributed by atoms with Crippen molar-refractivity contribution in [1.29, 1.82) is 0 Å². The van der Waals surface area contributed by atoms with Crippen LogP contribution in [0.4, 0.5) is 11.5 Å². The number of aromatic nitrogens is 1. The Morgan fingerprint density at radius 1 is 1.25 bits per heavy atom. The quantitative estimate of drug-likeness (QED) is 0.571. The predicted molar refractivity (Wildman–Crippen MR) is 84.8 cm³/mol. The van der Waals surface area contributed by atoms with Gasteiger partial charge in [-0.15, -0.1) is 0 Å². The molecular formula is C13H11Br2N3O2. The first kappa shape index (κ1) is 14.9.